The zero-order chi connectivity index (χ0) is 10.7. The third-order valence-electron chi connectivity index (χ3n) is 2.92. The molecule has 0 bridgehead atoms. The van der Waals surface area contributed by atoms with Crippen LogP contribution in [0.4, 0.5) is 0 Å². The molecule has 3 unspecified atom stereocenters. The van der Waals surface area contributed by atoms with Crippen LogP contribution in [0.15, 0.2) is 0 Å². The summed E-state index contributed by atoms with van der Waals surface area (Å²) < 4.78 is 0. The highest BCUT2D eigenvalue weighted by Gasteiger charge is 2.31. The number of thioether (sulfide) groups is 1. The Kier molecular flexibility index (Phi) is 4.26. The minimum absolute atomic E-state index is 0.314. The van der Waals surface area contributed by atoms with Gasteiger partial charge in [0, 0.05) is 17.0 Å². The predicted octanol–water partition coefficient (Wildman–Crippen LogP) is 1.68. The van der Waals surface area contributed by atoms with Gasteiger partial charge >= 0.3 is 5.97 Å². The predicted molar refractivity (Wildman–Crippen MR) is 59.8 cm³/mol. The molecule has 1 rings (SSSR count). The smallest absolute Gasteiger partial charge is 0.320 e. The number of aliphatic carboxylic acids is 1. The minimum Gasteiger partial charge on any atom is -0.480 e. The lowest BCUT2D eigenvalue weighted by atomic mass is 10.1. The van der Waals surface area contributed by atoms with Crippen molar-refractivity contribution < 1.29 is 9.90 Å². The van der Waals surface area contributed by atoms with E-state index in [4.69, 9.17) is 5.11 Å². The first-order valence-electron chi connectivity index (χ1n) is 5.12. The molecule has 1 saturated heterocycles. The zero-order valence-electron chi connectivity index (χ0n) is 9.06. The van der Waals surface area contributed by atoms with E-state index in [1.807, 2.05) is 30.6 Å². The van der Waals surface area contributed by atoms with E-state index in [-0.39, 0.29) is 6.04 Å². The number of rotatable bonds is 4. The van der Waals surface area contributed by atoms with Crippen molar-refractivity contribution in [2.75, 3.05) is 12.8 Å². The third kappa shape index (κ3) is 2.64. The van der Waals surface area contributed by atoms with E-state index in [2.05, 4.69) is 6.92 Å². The van der Waals surface area contributed by atoms with E-state index in [9.17, 15) is 4.79 Å². The zero-order valence-corrected chi connectivity index (χ0v) is 9.88. The average molecular weight is 217 g/mol. The molecule has 14 heavy (non-hydrogen) atoms. The SMILES string of the molecule is CCC(C(=O)O)N(C)C1CSC(C)C1. The molecule has 0 aromatic heterocycles. The fraction of sp³-hybridized carbons (Fsp3) is 0.900. The summed E-state index contributed by atoms with van der Waals surface area (Å²) in [5.41, 5.74) is 0. The van der Waals surface area contributed by atoms with Crippen molar-refractivity contribution in [3.05, 3.63) is 0 Å². The molecule has 0 saturated carbocycles. The van der Waals surface area contributed by atoms with Crippen LogP contribution in [0.2, 0.25) is 0 Å². The Labute approximate surface area is 89.9 Å². The van der Waals surface area contributed by atoms with Gasteiger partial charge in [-0.25, -0.2) is 0 Å². The van der Waals surface area contributed by atoms with Crippen LogP contribution in [0.1, 0.15) is 26.7 Å². The first kappa shape index (κ1) is 11.9. The summed E-state index contributed by atoms with van der Waals surface area (Å²) in [5, 5.41) is 9.70. The Hall–Kier alpha value is -0.220. The number of carbonyl (C=O) groups is 1. The highest BCUT2D eigenvalue weighted by atomic mass is 32.2. The summed E-state index contributed by atoms with van der Waals surface area (Å²) in [5.74, 6) is 0.376. The van der Waals surface area contributed by atoms with Gasteiger partial charge in [-0.3, -0.25) is 9.69 Å². The second kappa shape index (κ2) is 5.03. The first-order valence-corrected chi connectivity index (χ1v) is 6.17. The van der Waals surface area contributed by atoms with Gasteiger partial charge in [0.25, 0.3) is 0 Å². The Bertz CT molecular complexity index is 210. The molecule has 1 N–H and O–H groups in total. The molecule has 82 valence electrons. The van der Waals surface area contributed by atoms with Gasteiger partial charge in [-0.1, -0.05) is 13.8 Å². The molecule has 1 fully saturated rings. The molecular formula is C10H19NO2S. The minimum atomic E-state index is -0.695. The topological polar surface area (TPSA) is 40.5 Å². The van der Waals surface area contributed by atoms with Crippen molar-refractivity contribution >= 4 is 17.7 Å². The van der Waals surface area contributed by atoms with E-state index in [0.717, 1.165) is 12.2 Å². The van der Waals surface area contributed by atoms with Crippen LogP contribution in [0.5, 0.6) is 0 Å². The third-order valence-corrected chi connectivity index (χ3v) is 4.26. The van der Waals surface area contributed by atoms with Gasteiger partial charge in [-0.2, -0.15) is 11.8 Å². The molecule has 0 amide bonds. The number of hydrogen-bond acceptors (Lipinski definition) is 3. The van der Waals surface area contributed by atoms with Gasteiger partial charge in [0.05, 0.1) is 0 Å². The number of carboxylic acid groups (broad SMARTS) is 1. The Morgan fingerprint density at radius 2 is 2.36 bits per heavy atom. The molecule has 0 spiro atoms. The van der Waals surface area contributed by atoms with Crippen molar-refractivity contribution in [3.63, 3.8) is 0 Å². The van der Waals surface area contributed by atoms with Crippen LogP contribution in [0.25, 0.3) is 0 Å². The van der Waals surface area contributed by atoms with Gasteiger partial charge in [-0.15, -0.1) is 0 Å². The van der Waals surface area contributed by atoms with Crippen LogP contribution < -0.4 is 0 Å². The fourth-order valence-electron chi connectivity index (χ4n) is 1.97. The fourth-order valence-corrected chi connectivity index (χ4v) is 3.25. The average Bonchev–Trinajstić information content (AvgIpc) is 2.52. The van der Waals surface area contributed by atoms with Crippen LogP contribution in [-0.4, -0.2) is 46.1 Å². The van der Waals surface area contributed by atoms with E-state index in [0.29, 0.717) is 17.7 Å². The monoisotopic (exact) mass is 217 g/mol. The molecule has 0 aromatic rings. The largest absolute Gasteiger partial charge is 0.480 e. The summed E-state index contributed by atoms with van der Waals surface area (Å²) >= 11 is 1.94. The van der Waals surface area contributed by atoms with E-state index in [1.165, 1.54) is 0 Å². The highest BCUT2D eigenvalue weighted by Crippen LogP contribution is 2.30. The van der Waals surface area contributed by atoms with Crippen LogP contribution >= 0.6 is 11.8 Å². The van der Waals surface area contributed by atoms with E-state index in [1.54, 1.807) is 0 Å². The normalized spacial score (nSPS) is 29.4. The second-order valence-corrected chi connectivity index (χ2v) is 5.43. The number of hydrogen-bond donors (Lipinski definition) is 1. The van der Waals surface area contributed by atoms with E-state index < -0.39 is 5.97 Å². The molecule has 1 aliphatic heterocycles. The summed E-state index contributed by atoms with van der Waals surface area (Å²) in [6.07, 6.45) is 1.80. The molecule has 1 heterocycles. The molecule has 0 radical (unpaired) electrons. The number of carboxylic acids is 1. The lowest BCUT2D eigenvalue weighted by Gasteiger charge is -2.29. The molecule has 0 aromatic carbocycles. The van der Waals surface area contributed by atoms with Gasteiger partial charge < -0.3 is 5.11 Å². The van der Waals surface area contributed by atoms with Crippen molar-refractivity contribution in [2.45, 2.75) is 44.0 Å². The van der Waals surface area contributed by atoms with Gasteiger partial charge in [0.1, 0.15) is 6.04 Å². The molecular weight excluding hydrogens is 198 g/mol. The quantitative estimate of drug-likeness (QED) is 0.778. The summed E-state index contributed by atoms with van der Waals surface area (Å²) in [6.45, 7) is 4.14. The second-order valence-electron chi connectivity index (χ2n) is 3.96. The summed E-state index contributed by atoms with van der Waals surface area (Å²) in [7, 11) is 1.94. The Morgan fingerprint density at radius 1 is 1.71 bits per heavy atom. The van der Waals surface area contributed by atoms with Crippen molar-refractivity contribution in [2.24, 2.45) is 0 Å². The van der Waals surface area contributed by atoms with Gasteiger partial charge in [-0.05, 0) is 19.9 Å². The lowest BCUT2D eigenvalue weighted by Crippen LogP contribution is -2.44. The van der Waals surface area contributed by atoms with Gasteiger partial charge in [0.15, 0.2) is 0 Å². The van der Waals surface area contributed by atoms with Crippen LogP contribution in [0.3, 0.4) is 0 Å². The van der Waals surface area contributed by atoms with Crippen molar-refractivity contribution in [3.8, 4) is 0 Å². The molecule has 4 heteroatoms. The Morgan fingerprint density at radius 3 is 2.71 bits per heavy atom. The lowest BCUT2D eigenvalue weighted by molar-refractivity contribution is -0.143. The van der Waals surface area contributed by atoms with Crippen LogP contribution in [0, 0.1) is 0 Å². The maximum absolute atomic E-state index is 11.0. The van der Waals surface area contributed by atoms with Crippen LogP contribution in [-0.2, 0) is 4.79 Å². The maximum atomic E-state index is 11.0. The molecule has 0 aliphatic carbocycles. The first-order chi connectivity index (χ1) is 6.56. The number of likely N-dealkylation sites (N-methyl/N-ethyl adjacent to an activating group) is 1. The summed E-state index contributed by atoms with van der Waals surface area (Å²) in [4.78, 5) is 13.0. The molecule has 1 aliphatic rings. The van der Waals surface area contributed by atoms with E-state index >= 15 is 0 Å². The standard InChI is InChI=1S/C10H19NO2S/c1-4-9(10(12)13)11(3)8-5-7(2)14-6-8/h7-9H,4-6H2,1-3H3,(H,12,13). The number of nitrogens with zero attached hydrogens (tertiary/aromatic N) is 1. The van der Waals surface area contributed by atoms with Crippen molar-refractivity contribution in [1.82, 2.24) is 4.90 Å². The molecule has 3 atom stereocenters. The highest BCUT2D eigenvalue weighted by molar-refractivity contribution is 8.00. The Balaban J connectivity index is 2.54. The van der Waals surface area contributed by atoms with Crippen molar-refractivity contribution in [1.29, 1.82) is 0 Å². The molecule has 3 nitrogen and oxygen atoms in total. The van der Waals surface area contributed by atoms with Gasteiger partial charge in [0.2, 0.25) is 0 Å². The maximum Gasteiger partial charge on any atom is 0.320 e. The summed E-state index contributed by atoms with van der Waals surface area (Å²) in [6, 6.07) is 0.127.